The molecule has 0 fully saturated rings. The first-order chi connectivity index (χ1) is 8.27. The number of fused-ring (bicyclic) bond motifs is 2. The van der Waals surface area contributed by atoms with Crippen molar-refractivity contribution in [3.05, 3.63) is 48.5 Å². The molecule has 2 aromatic carbocycles. The highest BCUT2D eigenvalue weighted by Crippen LogP contribution is 2.26. The molecule has 0 saturated heterocycles. The molecular weight excluding hydrogens is 234 g/mol. The molecule has 3 rings (SSSR count). The van der Waals surface area contributed by atoms with E-state index >= 15 is 0 Å². The lowest BCUT2D eigenvalue weighted by molar-refractivity contribution is 0.616. The molecule has 1 heterocycles. The van der Waals surface area contributed by atoms with E-state index in [1.165, 1.54) is 0 Å². The number of hydrogen-bond acceptors (Lipinski definition) is 3. The second-order valence-electron chi connectivity index (χ2n) is 3.75. The van der Waals surface area contributed by atoms with E-state index in [9.17, 15) is 8.42 Å². The SMILES string of the molecule is O=[SH](=O)c1c2ccccc2nc2ccccc12. The molecule has 84 valence electrons. The predicted octanol–water partition coefficient (Wildman–Crippen LogP) is 2.36. The maximum absolute atomic E-state index is 11.4. The first-order valence-corrected chi connectivity index (χ1v) is 6.37. The van der Waals surface area contributed by atoms with E-state index in [-0.39, 0.29) is 0 Å². The predicted molar refractivity (Wildman–Crippen MR) is 67.8 cm³/mol. The Hall–Kier alpha value is -1.94. The Labute approximate surface area is 99.7 Å². The van der Waals surface area contributed by atoms with Gasteiger partial charge in [0.2, 0.25) is 0 Å². The van der Waals surface area contributed by atoms with Crippen molar-refractivity contribution in [3.8, 4) is 0 Å². The van der Waals surface area contributed by atoms with Gasteiger partial charge in [-0.2, -0.15) is 0 Å². The Kier molecular flexibility index (Phi) is 2.30. The van der Waals surface area contributed by atoms with Crippen molar-refractivity contribution in [2.75, 3.05) is 0 Å². The number of aromatic nitrogens is 1. The lowest BCUT2D eigenvalue weighted by atomic mass is 10.1. The molecule has 0 saturated carbocycles. The monoisotopic (exact) mass is 243 g/mol. The molecule has 3 aromatic rings. The van der Waals surface area contributed by atoms with E-state index in [1.807, 2.05) is 36.4 Å². The lowest BCUT2D eigenvalue weighted by Gasteiger charge is -2.05. The Balaban J connectivity index is 2.65. The van der Waals surface area contributed by atoms with Gasteiger partial charge in [0.05, 0.1) is 15.9 Å². The molecule has 0 bridgehead atoms. The van der Waals surface area contributed by atoms with Gasteiger partial charge in [0.1, 0.15) is 0 Å². The third-order valence-electron chi connectivity index (χ3n) is 2.74. The molecule has 0 atom stereocenters. The van der Waals surface area contributed by atoms with Crippen LogP contribution in [-0.2, 0) is 10.7 Å². The fourth-order valence-electron chi connectivity index (χ4n) is 2.01. The molecule has 0 amide bonds. The molecule has 0 spiro atoms. The largest absolute Gasteiger partial charge is 0.248 e. The van der Waals surface area contributed by atoms with E-state index < -0.39 is 10.7 Å². The highest BCUT2D eigenvalue weighted by molar-refractivity contribution is 7.73. The maximum atomic E-state index is 11.4. The number of rotatable bonds is 1. The quantitative estimate of drug-likeness (QED) is 0.527. The van der Waals surface area contributed by atoms with Gasteiger partial charge in [-0.25, -0.2) is 13.4 Å². The Morgan fingerprint density at radius 2 is 1.24 bits per heavy atom. The summed E-state index contributed by atoms with van der Waals surface area (Å²) >= 11 is 0. The molecule has 4 heteroatoms. The summed E-state index contributed by atoms with van der Waals surface area (Å²) < 4.78 is 22.9. The molecule has 0 unspecified atom stereocenters. The van der Waals surface area contributed by atoms with Crippen LogP contribution in [0.4, 0.5) is 0 Å². The van der Waals surface area contributed by atoms with Crippen LogP contribution in [0.2, 0.25) is 0 Å². The average Bonchev–Trinajstić information content (AvgIpc) is 2.35. The summed E-state index contributed by atoms with van der Waals surface area (Å²) in [5.41, 5.74) is 1.42. The number of para-hydroxylation sites is 2. The highest BCUT2D eigenvalue weighted by Gasteiger charge is 2.09. The van der Waals surface area contributed by atoms with Crippen molar-refractivity contribution >= 4 is 32.5 Å². The topological polar surface area (TPSA) is 47.0 Å². The first-order valence-electron chi connectivity index (χ1n) is 5.19. The number of nitrogens with zero attached hydrogens (tertiary/aromatic N) is 1. The van der Waals surface area contributed by atoms with Crippen molar-refractivity contribution in [2.24, 2.45) is 0 Å². The van der Waals surface area contributed by atoms with Gasteiger partial charge in [0.25, 0.3) is 0 Å². The number of thiol groups is 1. The van der Waals surface area contributed by atoms with Crippen molar-refractivity contribution in [2.45, 2.75) is 4.90 Å². The number of hydrogen-bond donors (Lipinski definition) is 1. The smallest absolute Gasteiger partial charge is 0.169 e. The average molecular weight is 243 g/mol. The van der Waals surface area contributed by atoms with Gasteiger partial charge in [0.15, 0.2) is 10.7 Å². The first kappa shape index (κ1) is 10.2. The van der Waals surface area contributed by atoms with Crippen LogP contribution in [0.1, 0.15) is 0 Å². The molecule has 0 radical (unpaired) electrons. The minimum Gasteiger partial charge on any atom is -0.248 e. The van der Waals surface area contributed by atoms with Crippen molar-refractivity contribution in [1.82, 2.24) is 4.98 Å². The lowest BCUT2D eigenvalue weighted by Crippen LogP contribution is -1.90. The molecule has 0 aliphatic carbocycles. The minimum atomic E-state index is -2.64. The van der Waals surface area contributed by atoms with Gasteiger partial charge in [-0.1, -0.05) is 36.4 Å². The van der Waals surface area contributed by atoms with Crippen LogP contribution >= 0.6 is 0 Å². The number of pyridine rings is 1. The normalized spacial score (nSPS) is 11.4. The van der Waals surface area contributed by atoms with E-state index in [1.54, 1.807) is 12.1 Å². The third kappa shape index (κ3) is 1.57. The summed E-state index contributed by atoms with van der Waals surface area (Å²) in [6.45, 7) is 0. The van der Waals surface area contributed by atoms with Gasteiger partial charge in [-0.05, 0) is 12.1 Å². The van der Waals surface area contributed by atoms with Crippen LogP contribution in [0, 0.1) is 0 Å². The summed E-state index contributed by atoms with van der Waals surface area (Å²) in [5.74, 6) is 0. The van der Waals surface area contributed by atoms with Crippen molar-refractivity contribution < 1.29 is 8.42 Å². The second kappa shape index (κ2) is 3.82. The molecule has 17 heavy (non-hydrogen) atoms. The molecule has 0 N–H and O–H groups in total. The summed E-state index contributed by atoms with van der Waals surface area (Å²) in [6.07, 6.45) is 0. The van der Waals surface area contributed by atoms with E-state index in [0.29, 0.717) is 26.7 Å². The molecular formula is C13H9NO2S. The Morgan fingerprint density at radius 1 is 0.765 bits per heavy atom. The molecule has 1 aromatic heterocycles. The van der Waals surface area contributed by atoms with Gasteiger partial charge in [-0.15, -0.1) is 0 Å². The molecule has 3 nitrogen and oxygen atoms in total. The van der Waals surface area contributed by atoms with Crippen LogP contribution in [0.25, 0.3) is 21.8 Å². The summed E-state index contributed by atoms with van der Waals surface area (Å²) in [6, 6.07) is 14.6. The summed E-state index contributed by atoms with van der Waals surface area (Å²) in [5, 5.41) is 1.37. The van der Waals surface area contributed by atoms with E-state index in [0.717, 1.165) is 0 Å². The zero-order valence-electron chi connectivity index (χ0n) is 8.83. The van der Waals surface area contributed by atoms with E-state index in [2.05, 4.69) is 4.98 Å². The van der Waals surface area contributed by atoms with Gasteiger partial charge in [-0.3, -0.25) is 0 Å². The summed E-state index contributed by atoms with van der Waals surface area (Å²) in [4.78, 5) is 4.82. The fourth-order valence-corrected chi connectivity index (χ4v) is 2.79. The molecule has 0 aliphatic rings. The summed E-state index contributed by atoms with van der Waals surface area (Å²) in [7, 11) is -2.64. The van der Waals surface area contributed by atoms with Crippen molar-refractivity contribution in [3.63, 3.8) is 0 Å². The molecule has 0 aliphatic heterocycles. The van der Waals surface area contributed by atoms with E-state index in [4.69, 9.17) is 0 Å². The second-order valence-corrected chi connectivity index (χ2v) is 4.71. The van der Waals surface area contributed by atoms with Crippen LogP contribution < -0.4 is 0 Å². The minimum absolute atomic E-state index is 0.362. The third-order valence-corrected chi connectivity index (χ3v) is 3.59. The Morgan fingerprint density at radius 3 is 1.71 bits per heavy atom. The fraction of sp³-hybridized carbons (Fsp3) is 0. The van der Waals surface area contributed by atoms with Gasteiger partial charge < -0.3 is 0 Å². The van der Waals surface area contributed by atoms with Crippen LogP contribution in [-0.4, -0.2) is 13.4 Å². The van der Waals surface area contributed by atoms with Gasteiger partial charge in [0, 0.05) is 10.8 Å². The van der Waals surface area contributed by atoms with Crippen LogP contribution in [0.5, 0.6) is 0 Å². The van der Waals surface area contributed by atoms with Crippen LogP contribution in [0.15, 0.2) is 53.4 Å². The van der Waals surface area contributed by atoms with Crippen LogP contribution in [0.3, 0.4) is 0 Å². The highest BCUT2D eigenvalue weighted by atomic mass is 32.2. The number of benzene rings is 2. The zero-order chi connectivity index (χ0) is 11.8. The standard InChI is InChI=1S/C13H9NO2S/c15-17(16)13-9-5-1-3-7-11(9)14-12-8-4-2-6-10(12)13/h1-8,17H. The maximum Gasteiger partial charge on any atom is 0.169 e. The zero-order valence-corrected chi connectivity index (χ0v) is 9.72. The van der Waals surface area contributed by atoms with Gasteiger partial charge >= 0.3 is 0 Å². The van der Waals surface area contributed by atoms with Crippen molar-refractivity contribution in [1.29, 1.82) is 0 Å². The Bertz CT molecular complexity index is 732.